The van der Waals surface area contributed by atoms with Crippen molar-refractivity contribution in [2.75, 3.05) is 13.1 Å². The molecular weight excluding hydrogens is 648 g/mol. The summed E-state index contributed by atoms with van der Waals surface area (Å²) >= 11 is 0. The minimum Gasteiger partial charge on any atom is -0.444 e. The van der Waals surface area contributed by atoms with E-state index in [1.54, 1.807) is 54.7 Å². The quantitative estimate of drug-likeness (QED) is 0.345. The number of hydrogen-bond donors (Lipinski definition) is 1. The molecule has 5 rings (SSSR count). The molecule has 48 heavy (non-hydrogen) atoms. The molecule has 3 aromatic rings. The van der Waals surface area contributed by atoms with Crippen LogP contribution in [0.4, 0.5) is 31.1 Å². The van der Waals surface area contributed by atoms with Gasteiger partial charge >= 0.3 is 18.4 Å². The summed E-state index contributed by atoms with van der Waals surface area (Å²) in [6.07, 6.45) is -11.6. The van der Waals surface area contributed by atoms with Gasteiger partial charge in [-0.15, -0.1) is 0 Å². The van der Waals surface area contributed by atoms with Crippen LogP contribution in [0.5, 0.6) is 0 Å². The second-order valence-corrected chi connectivity index (χ2v) is 11.2. The number of alkyl halides is 6. The average molecular weight is 678 g/mol. The smallest absolute Gasteiger partial charge is 0.416 e. The van der Waals surface area contributed by atoms with Crippen LogP contribution in [0.25, 0.3) is 0 Å². The third-order valence-electron chi connectivity index (χ3n) is 7.88. The predicted molar refractivity (Wildman–Crippen MR) is 155 cm³/mol. The van der Waals surface area contributed by atoms with Crippen molar-refractivity contribution in [1.82, 2.24) is 25.0 Å². The van der Waals surface area contributed by atoms with Crippen LogP contribution in [0.1, 0.15) is 40.8 Å². The standard InChI is InChI=1S/C32H29F6N5O5/c33-31(34,35)22-12-21(13-23(14-22)32(36,37)38)19-48-30(47)42-11-9-28(45)43-25(15-26(44)40-16-24-8-4-5-10-39-24)29(46)41(18-27(42)43)17-20-6-2-1-3-7-20/h1-8,10,12-14,25,27H,9,11,15-19H2,(H,40,44)/t25-,27+/m0/s1. The highest BCUT2D eigenvalue weighted by Gasteiger charge is 2.49. The molecule has 2 aliphatic rings. The van der Waals surface area contributed by atoms with E-state index in [4.69, 9.17) is 4.74 Å². The molecule has 2 aromatic carbocycles. The lowest BCUT2D eigenvalue weighted by Crippen LogP contribution is -2.71. The first-order chi connectivity index (χ1) is 22.7. The molecule has 2 aliphatic heterocycles. The molecular formula is C32H29F6N5O5. The van der Waals surface area contributed by atoms with Crippen LogP contribution in [-0.2, 0) is 51.2 Å². The summed E-state index contributed by atoms with van der Waals surface area (Å²) in [7, 11) is 0. The number of pyridine rings is 1. The third-order valence-corrected chi connectivity index (χ3v) is 7.88. The van der Waals surface area contributed by atoms with Gasteiger partial charge in [-0.2, -0.15) is 26.3 Å². The van der Waals surface area contributed by atoms with Crippen molar-refractivity contribution in [3.8, 4) is 0 Å². The summed E-state index contributed by atoms with van der Waals surface area (Å²) in [4.78, 5) is 61.1. The van der Waals surface area contributed by atoms with Gasteiger partial charge in [-0.3, -0.25) is 24.3 Å². The maximum atomic E-state index is 13.8. The first-order valence-electron chi connectivity index (χ1n) is 14.7. The van der Waals surface area contributed by atoms with Crippen molar-refractivity contribution >= 4 is 23.8 Å². The van der Waals surface area contributed by atoms with E-state index >= 15 is 0 Å². The van der Waals surface area contributed by atoms with Crippen LogP contribution < -0.4 is 5.32 Å². The molecule has 0 saturated carbocycles. The minimum atomic E-state index is -5.09. The van der Waals surface area contributed by atoms with Crippen LogP contribution in [0.15, 0.2) is 72.9 Å². The maximum Gasteiger partial charge on any atom is 0.416 e. The number of nitrogens with one attached hydrogen (secondary N) is 1. The highest BCUT2D eigenvalue weighted by atomic mass is 19.4. The number of hydrogen-bond acceptors (Lipinski definition) is 6. The van der Waals surface area contributed by atoms with E-state index in [1.807, 2.05) is 0 Å². The Kier molecular flexibility index (Phi) is 9.91. The summed E-state index contributed by atoms with van der Waals surface area (Å²) in [6, 6.07) is 13.5. The summed E-state index contributed by atoms with van der Waals surface area (Å²) in [5.74, 6) is -1.64. The van der Waals surface area contributed by atoms with Gasteiger partial charge in [0.25, 0.3) is 0 Å². The number of rotatable bonds is 8. The Morgan fingerprint density at radius 3 is 2.19 bits per heavy atom. The Balaban J connectivity index is 1.38. The number of piperazine rings is 1. The number of halogens is 6. The number of nitrogens with zero attached hydrogens (tertiary/aromatic N) is 4. The van der Waals surface area contributed by atoms with Crippen LogP contribution in [0.3, 0.4) is 0 Å². The SMILES string of the molecule is O=C(C[C@H]1C(=O)N(Cc2ccccc2)C[C@@H]2N(C(=O)OCc3cc(C(F)(F)F)cc(C(F)(F)F)c3)CCC(=O)N21)NCc1ccccn1. The molecule has 4 amide bonds. The topological polar surface area (TPSA) is 112 Å². The van der Waals surface area contributed by atoms with Crippen molar-refractivity contribution < 1.29 is 50.3 Å². The van der Waals surface area contributed by atoms with Crippen LogP contribution in [-0.4, -0.2) is 68.8 Å². The van der Waals surface area contributed by atoms with Gasteiger partial charge in [-0.25, -0.2) is 4.79 Å². The number of fused-ring (bicyclic) bond motifs is 1. The van der Waals surface area contributed by atoms with Gasteiger partial charge in [0.1, 0.15) is 18.8 Å². The highest BCUT2D eigenvalue weighted by Crippen LogP contribution is 2.37. The van der Waals surface area contributed by atoms with Gasteiger partial charge < -0.3 is 19.9 Å². The molecule has 0 spiro atoms. The normalized spacial score (nSPS) is 18.4. The van der Waals surface area contributed by atoms with Crippen molar-refractivity contribution in [2.24, 2.45) is 0 Å². The lowest BCUT2D eigenvalue weighted by molar-refractivity contribution is -0.169. The number of ether oxygens (including phenoxy) is 1. The Labute approximate surface area is 270 Å². The van der Waals surface area contributed by atoms with E-state index in [9.17, 15) is 45.5 Å². The molecule has 1 N–H and O–H groups in total. The molecule has 0 radical (unpaired) electrons. The molecule has 0 unspecified atom stereocenters. The van der Waals surface area contributed by atoms with E-state index in [-0.39, 0.29) is 38.7 Å². The average Bonchev–Trinajstić information content (AvgIpc) is 3.04. The fourth-order valence-corrected chi connectivity index (χ4v) is 5.61. The first kappa shape index (κ1) is 34.2. The Morgan fingerprint density at radius 1 is 0.896 bits per heavy atom. The zero-order valence-corrected chi connectivity index (χ0v) is 25.1. The van der Waals surface area contributed by atoms with E-state index in [0.29, 0.717) is 17.8 Å². The van der Waals surface area contributed by atoms with Crippen molar-refractivity contribution in [1.29, 1.82) is 0 Å². The third kappa shape index (κ3) is 8.04. The molecule has 10 nitrogen and oxygen atoms in total. The molecule has 3 heterocycles. The van der Waals surface area contributed by atoms with Crippen molar-refractivity contribution in [3.05, 3.63) is 101 Å². The van der Waals surface area contributed by atoms with E-state index in [1.165, 1.54) is 4.90 Å². The van der Waals surface area contributed by atoms with Crippen molar-refractivity contribution in [3.63, 3.8) is 0 Å². The highest BCUT2D eigenvalue weighted by molar-refractivity contribution is 5.94. The van der Waals surface area contributed by atoms with Crippen LogP contribution >= 0.6 is 0 Å². The monoisotopic (exact) mass is 677 g/mol. The fourth-order valence-electron chi connectivity index (χ4n) is 5.61. The molecule has 2 fully saturated rings. The predicted octanol–water partition coefficient (Wildman–Crippen LogP) is 4.73. The van der Waals surface area contributed by atoms with Gasteiger partial charge in [0.05, 0.1) is 36.3 Å². The van der Waals surface area contributed by atoms with E-state index < -0.39 is 78.1 Å². The summed E-state index contributed by atoms with van der Waals surface area (Å²) in [6.45, 7) is -1.22. The van der Waals surface area contributed by atoms with E-state index in [2.05, 4.69) is 10.3 Å². The zero-order chi connectivity index (χ0) is 34.6. The molecule has 254 valence electrons. The fraction of sp³-hybridized carbons (Fsp3) is 0.344. The molecule has 0 bridgehead atoms. The second-order valence-electron chi connectivity index (χ2n) is 11.2. The summed E-state index contributed by atoms with van der Waals surface area (Å²) in [5.41, 5.74) is -2.41. The minimum absolute atomic E-state index is 0.0353. The second kappa shape index (κ2) is 13.9. The number of benzene rings is 2. The number of carbonyl (C=O) groups is 4. The van der Waals surface area contributed by atoms with Gasteiger partial charge in [0, 0.05) is 25.7 Å². The molecule has 16 heteroatoms. The van der Waals surface area contributed by atoms with Crippen molar-refractivity contribution in [2.45, 2.75) is 57.1 Å². The van der Waals surface area contributed by atoms with Gasteiger partial charge in [-0.1, -0.05) is 36.4 Å². The van der Waals surface area contributed by atoms with Gasteiger partial charge in [0.2, 0.25) is 17.7 Å². The first-order valence-corrected chi connectivity index (χ1v) is 14.7. The Bertz CT molecular complexity index is 1620. The number of aromatic nitrogens is 1. The van der Waals surface area contributed by atoms with Gasteiger partial charge in [0.15, 0.2) is 0 Å². The number of carbonyl (C=O) groups excluding carboxylic acids is 4. The molecule has 2 saturated heterocycles. The lowest BCUT2D eigenvalue weighted by atomic mass is 10.0. The molecule has 0 aliphatic carbocycles. The molecule has 1 aromatic heterocycles. The van der Waals surface area contributed by atoms with Gasteiger partial charge in [-0.05, 0) is 41.5 Å². The Morgan fingerprint density at radius 2 is 1.56 bits per heavy atom. The summed E-state index contributed by atoms with van der Waals surface area (Å²) in [5, 5.41) is 2.67. The van der Waals surface area contributed by atoms with Crippen LogP contribution in [0.2, 0.25) is 0 Å². The van der Waals surface area contributed by atoms with Crippen LogP contribution in [0, 0.1) is 0 Å². The molecule has 2 atom stereocenters. The summed E-state index contributed by atoms with van der Waals surface area (Å²) < 4.78 is 85.3. The number of amides is 4. The van der Waals surface area contributed by atoms with E-state index in [0.717, 1.165) is 15.4 Å². The zero-order valence-electron chi connectivity index (χ0n) is 25.1. The largest absolute Gasteiger partial charge is 0.444 e. The lowest BCUT2D eigenvalue weighted by Gasteiger charge is -2.51. The Hall–Kier alpha value is -5.15. The maximum absolute atomic E-state index is 13.8.